The predicted molar refractivity (Wildman–Crippen MR) is 89.8 cm³/mol. The molecular formula is C16H14BrClN2O. The Morgan fingerprint density at radius 3 is 2.90 bits per heavy atom. The van der Waals surface area contributed by atoms with Crippen molar-refractivity contribution in [2.45, 2.75) is 13.5 Å². The average molecular weight is 366 g/mol. The highest BCUT2D eigenvalue weighted by Gasteiger charge is 2.06. The number of anilines is 1. The number of terminal acetylenes is 1. The van der Waals surface area contributed by atoms with Gasteiger partial charge >= 0.3 is 0 Å². The largest absolute Gasteiger partial charge is 0.481 e. The number of pyridine rings is 1. The summed E-state index contributed by atoms with van der Waals surface area (Å²) in [6.45, 7) is 2.75. The maximum absolute atomic E-state index is 5.85. The summed E-state index contributed by atoms with van der Waals surface area (Å²) in [7, 11) is 0. The number of nitrogens with zero attached hydrogens (tertiary/aromatic N) is 1. The number of ether oxygens (including phenoxy) is 1. The van der Waals surface area contributed by atoms with Gasteiger partial charge in [-0.05, 0) is 37.3 Å². The van der Waals surface area contributed by atoms with E-state index < -0.39 is 0 Å². The molecule has 0 saturated carbocycles. The molecule has 0 atom stereocenters. The lowest BCUT2D eigenvalue weighted by Crippen LogP contribution is -2.05. The first-order valence-electron chi connectivity index (χ1n) is 6.32. The quantitative estimate of drug-likeness (QED) is 0.629. The smallest absolute Gasteiger partial charge is 0.148 e. The van der Waals surface area contributed by atoms with Crippen molar-refractivity contribution in [3.8, 4) is 18.1 Å². The summed E-state index contributed by atoms with van der Waals surface area (Å²) in [6.07, 6.45) is 5.23. The van der Waals surface area contributed by atoms with Crippen molar-refractivity contribution in [1.82, 2.24) is 4.98 Å². The zero-order valence-electron chi connectivity index (χ0n) is 11.5. The van der Waals surface area contributed by atoms with E-state index in [4.69, 9.17) is 22.8 Å². The first-order chi connectivity index (χ1) is 10.1. The molecule has 0 unspecified atom stereocenters. The Bertz CT molecular complexity index is 682. The second-order valence-corrected chi connectivity index (χ2v) is 5.67. The van der Waals surface area contributed by atoms with Crippen LogP contribution in [-0.4, -0.2) is 11.6 Å². The molecule has 2 aromatic rings. The Morgan fingerprint density at radius 2 is 2.19 bits per heavy atom. The first-order valence-corrected chi connectivity index (χ1v) is 7.49. The second-order valence-electron chi connectivity index (χ2n) is 4.37. The number of aryl methyl sites for hydroxylation is 1. The van der Waals surface area contributed by atoms with Gasteiger partial charge in [0.25, 0.3) is 0 Å². The van der Waals surface area contributed by atoms with Crippen LogP contribution >= 0.6 is 27.5 Å². The molecular weight excluding hydrogens is 352 g/mol. The molecule has 0 aliphatic rings. The third-order valence-electron chi connectivity index (χ3n) is 2.85. The van der Waals surface area contributed by atoms with Gasteiger partial charge < -0.3 is 10.1 Å². The topological polar surface area (TPSA) is 34.1 Å². The van der Waals surface area contributed by atoms with E-state index in [2.05, 4.69) is 32.2 Å². The van der Waals surface area contributed by atoms with E-state index >= 15 is 0 Å². The minimum absolute atomic E-state index is 0.246. The van der Waals surface area contributed by atoms with Crippen LogP contribution in [0.3, 0.4) is 0 Å². The summed E-state index contributed by atoms with van der Waals surface area (Å²) in [5, 5.41) is 3.81. The van der Waals surface area contributed by atoms with E-state index in [1.54, 1.807) is 6.07 Å². The molecule has 2 rings (SSSR count). The van der Waals surface area contributed by atoms with Crippen LogP contribution in [0.15, 0.2) is 34.8 Å². The van der Waals surface area contributed by atoms with Gasteiger partial charge in [-0.1, -0.05) is 33.5 Å². The van der Waals surface area contributed by atoms with Crippen LogP contribution in [0.4, 0.5) is 5.69 Å². The molecule has 0 aliphatic heterocycles. The number of benzene rings is 1. The maximum atomic E-state index is 5.85. The van der Waals surface area contributed by atoms with Crippen LogP contribution in [0.25, 0.3) is 0 Å². The number of aromatic nitrogens is 1. The SMILES string of the molecule is C#CCOc1ccc(Br)cc1CNc1ccc(Cl)nc1C. The van der Waals surface area contributed by atoms with Crippen molar-refractivity contribution in [2.75, 3.05) is 11.9 Å². The van der Waals surface area contributed by atoms with Gasteiger partial charge in [0.15, 0.2) is 0 Å². The van der Waals surface area contributed by atoms with Crippen molar-refractivity contribution < 1.29 is 4.74 Å². The van der Waals surface area contributed by atoms with Crippen LogP contribution in [0, 0.1) is 19.3 Å². The van der Waals surface area contributed by atoms with Gasteiger partial charge in [0, 0.05) is 16.6 Å². The van der Waals surface area contributed by atoms with E-state index in [1.807, 2.05) is 31.2 Å². The van der Waals surface area contributed by atoms with Crippen molar-refractivity contribution in [1.29, 1.82) is 0 Å². The van der Waals surface area contributed by atoms with E-state index in [0.29, 0.717) is 11.7 Å². The van der Waals surface area contributed by atoms with E-state index in [-0.39, 0.29) is 6.61 Å². The monoisotopic (exact) mass is 364 g/mol. The fraction of sp³-hybridized carbons (Fsp3) is 0.188. The third kappa shape index (κ3) is 4.38. The molecule has 5 heteroatoms. The fourth-order valence-electron chi connectivity index (χ4n) is 1.85. The van der Waals surface area contributed by atoms with Crippen molar-refractivity contribution in [3.05, 3.63) is 51.2 Å². The van der Waals surface area contributed by atoms with Gasteiger partial charge in [0.1, 0.15) is 17.5 Å². The van der Waals surface area contributed by atoms with E-state index in [1.165, 1.54) is 0 Å². The lowest BCUT2D eigenvalue weighted by molar-refractivity contribution is 0.366. The Balaban J connectivity index is 2.15. The van der Waals surface area contributed by atoms with Gasteiger partial charge in [-0.15, -0.1) is 6.42 Å². The van der Waals surface area contributed by atoms with Crippen LogP contribution in [-0.2, 0) is 6.54 Å². The standard InChI is InChI=1S/C16H14BrClN2O/c1-3-8-21-15-6-4-13(17)9-12(15)10-19-14-5-7-16(18)20-11(14)2/h1,4-7,9,19H,8,10H2,2H3. The molecule has 0 aliphatic carbocycles. The first kappa shape index (κ1) is 15.7. The summed E-state index contributed by atoms with van der Waals surface area (Å²) in [6, 6.07) is 9.48. The lowest BCUT2D eigenvalue weighted by atomic mass is 10.2. The van der Waals surface area contributed by atoms with Gasteiger partial charge in [-0.2, -0.15) is 0 Å². The Hall–Kier alpha value is -1.70. The molecule has 1 heterocycles. The number of hydrogen-bond acceptors (Lipinski definition) is 3. The zero-order valence-corrected chi connectivity index (χ0v) is 13.8. The highest BCUT2D eigenvalue weighted by molar-refractivity contribution is 9.10. The fourth-order valence-corrected chi connectivity index (χ4v) is 2.45. The highest BCUT2D eigenvalue weighted by Crippen LogP contribution is 2.25. The molecule has 0 radical (unpaired) electrons. The number of halogens is 2. The van der Waals surface area contributed by atoms with Crippen LogP contribution in [0.5, 0.6) is 5.75 Å². The van der Waals surface area contributed by atoms with Crippen molar-refractivity contribution in [2.24, 2.45) is 0 Å². The molecule has 1 aromatic carbocycles. The Kier molecular flexibility index (Phi) is 5.49. The van der Waals surface area contributed by atoms with Gasteiger partial charge in [-0.3, -0.25) is 0 Å². The molecule has 0 spiro atoms. The molecule has 0 fully saturated rings. The van der Waals surface area contributed by atoms with Crippen LogP contribution in [0.2, 0.25) is 5.15 Å². The minimum Gasteiger partial charge on any atom is -0.481 e. The van der Waals surface area contributed by atoms with E-state index in [9.17, 15) is 0 Å². The number of hydrogen-bond donors (Lipinski definition) is 1. The van der Waals surface area contributed by atoms with Gasteiger partial charge in [-0.25, -0.2) is 4.98 Å². The summed E-state index contributed by atoms with van der Waals surface area (Å²) >= 11 is 9.31. The number of rotatable bonds is 5. The van der Waals surface area contributed by atoms with Crippen LogP contribution in [0.1, 0.15) is 11.3 Å². The molecule has 0 amide bonds. The molecule has 108 valence electrons. The van der Waals surface area contributed by atoms with Crippen molar-refractivity contribution >= 4 is 33.2 Å². The molecule has 0 saturated heterocycles. The Labute approximate surface area is 137 Å². The summed E-state index contributed by atoms with van der Waals surface area (Å²) in [5.74, 6) is 3.24. The molecule has 0 bridgehead atoms. The molecule has 3 nitrogen and oxygen atoms in total. The summed E-state index contributed by atoms with van der Waals surface area (Å²) in [4.78, 5) is 4.21. The van der Waals surface area contributed by atoms with E-state index in [0.717, 1.165) is 27.2 Å². The zero-order chi connectivity index (χ0) is 15.2. The van der Waals surface area contributed by atoms with Crippen LogP contribution < -0.4 is 10.1 Å². The predicted octanol–water partition coefficient (Wildman–Crippen LogP) is 4.43. The Morgan fingerprint density at radius 1 is 1.38 bits per heavy atom. The molecule has 21 heavy (non-hydrogen) atoms. The van der Waals surface area contributed by atoms with Gasteiger partial charge in [0.2, 0.25) is 0 Å². The third-order valence-corrected chi connectivity index (χ3v) is 3.56. The van der Waals surface area contributed by atoms with Crippen molar-refractivity contribution in [3.63, 3.8) is 0 Å². The highest BCUT2D eigenvalue weighted by atomic mass is 79.9. The molecule has 1 aromatic heterocycles. The summed E-state index contributed by atoms with van der Waals surface area (Å²) < 4.78 is 6.53. The second kappa shape index (κ2) is 7.35. The normalized spacial score (nSPS) is 10.0. The maximum Gasteiger partial charge on any atom is 0.148 e. The summed E-state index contributed by atoms with van der Waals surface area (Å²) in [5.41, 5.74) is 2.79. The lowest BCUT2D eigenvalue weighted by Gasteiger charge is -2.13. The minimum atomic E-state index is 0.246. The number of nitrogens with one attached hydrogen (secondary N) is 1. The van der Waals surface area contributed by atoms with Gasteiger partial charge in [0.05, 0.1) is 11.4 Å². The molecule has 1 N–H and O–H groups in total. The average Bonchev–Trinajstić information content (AvgIpc) is 2.45.